The zero-order valence-corrected chi connectivity index (χ0v) is 11.7. The molecule has 1 aromatic carbocycles. The molecule has 120 valence electrons. The van der Waals surface area contributed by atoms with E-state index in [0.29, 0.717) is 12.8 Å². The van der Waals surface area contributed by atoms with Gasteiger partial charge >= 0.3 is 6.36 Å². The van der Waals surface area contributed by atoms with Gasteiger partial charge in [-0.2, -0.15) is 0 Å². The van der Waals surface area contributed by atoms with Crippen molar-refractivity contribution >= 4 is 12.0 Å². The van der Waals surface area contributed by atoms with Crippen molar-refractivity contribution in [1.29, 1.82) is 0 Å². The van der Waals surface area contributed by atoms with Crippen LogP contribution in [0.4, 0.5) is 13.2 Å². The van der Waals surface area contributed by atoms with Gasteiger partial charge < -0.3 is 15.2 Å². The molecule has 0 atom stereocenters. The van der Waals surface area contributed by atoms with Crippen LogP contribution in [0, 0.1) is 0 Å². The monoisotopic (exact) mass is 315 g/mol. The molecule has 0 bridgehead atoms. The van der Waals surface area contributed by atoms with E-state index in [-0.39, 0.29) is 17.9 Å². The lowest BCUT2D eigenvalue weighted by Crippen LogP contribution is -2.47. The van der Waals surface area contributed by atoms with Crippen LogP contribution in [0.25, 0.3) is 6.08 Å². The normalized spacial score (nSPS) is 17.1. The average molecular weight is 315 g/mol. The van der Waals surface area contributed by atoms with Gasteiger partial charge in [0, 0.05) is 18.2 Å². The van der Waals surface area contributed by atoms with Crippen LogP contribution in [0.1, 0.15) is 24.8 Å². The van der Waals surface area contributed by atoms with Crippen LogP contribution in [0.15, 0.2) is 30.3 Å². The molecule has 1 fully saturated rings. The second-order valence-electron chi connectivity index (χ2n) is 5.21. The lowest BCUT2D eigenvalue weighted by atomic mass is 9.80. The van der Waals surface area contributed by atoms with Gasteiger partial charge in [-0.15, -0.1) is 13.2 Å². The maximum atomic E-state index is 12.3. The van der Waals surface area contributed by atoms with Gasteiger partial charge in [-0.1, -0.05) is 18.2 Å². The topological polar surface area (TPSA) is 58.6 Å². The van der Waals surface area contributed by atoms with Crippen LogP contribution in [-0.4, -0.2) is 29.5 Å². The number of benzene rings is 1. The number of rotatable bonds is 5. The molecular formula is C15H16F3NO3. The molecule has 1 amide bonds. The van der Waals surface area contributed by atoms with Crippen molar-refractivity contribution in [3.63, 3.8) is 0 Å². The second-order valence-corrected chi connectivity index (χ2v) is 5.21. The minimum Gasteiger partial charge on any atom is -0.405 e. The summed E-state index contributed by atoms with van der Waals surface area (Å²) in [5.74, 6) is -0.862. The van der Waals surface area contributed by atoms with E-state index in [2.05, 4.69) is 10.1 Å². The Morgan fingerprint density at radius 1 is 1.36 bits per heavy atom. The van der Waals surface area contributed by atoms with Crippen LogP contribution in [-0.2, 0) is 4.79 Å². The molecule has 0 unspecified atom stereocenters. The number of alkyl halides is 3. The van der Waals surface area contributed by atoms with Crippen molar-refractivity contribution < 1.29 is 27.8 Å². The molecular weight excluding hydrogens is 299 g/mol. The summed E-state index contributed by atoms with van der Waals surface area (Å²) in [6, 6.07) is 5.52. The number of para-hydroxylation sites is 1. The second kappa shape index (κ2) is 6.39. The quantitative estimate of drug-likeness (QED) is 0.821. The summed E-state index contributed by atoms with van der Waals surface area (Å²) < 4.78 is 40.7. The third-order valence-corrected chi connectivity index (χ3v) is 3.43. The van der Waals surface area contributed by atoms with Crippen molar-refractivity contribution in [2.24, 2.45) is 0 Å². The Morgan fingerprint density at radius 2 is 2.05 bits per heavy atom. The van der Waals surface area contributed by atoms with Gasteiger partial charge in [0.15, 0.2) is 0 Å². The molecule has 0 spiro atoms. The van der Waals surface area contributed by atoms with Gasteiger partial charge in [0.25, 0.3) is 0 Å². The summed E-state index contributed by atoms with van der Waals surface area (Å²) >= 11 is 0. The summed E-state index contributed by atoms with van der Waals surface area (Å²) in [6.07, 6.45) is -0.246. The molecule has 1 aliphatic rings. The number of carbonyl (C=O) groups excluding carboxylic acids is 1. The van der Waals surface area contributed by atoms with E-state index in [4.69, 9.17) is 0 Å². The van der Waals surface area contributed by atoms with E-state index < -0.39 is 17.9 Å². The number of carbonyl (C=O) groups is 1. The minimum absolute atomic E-state index is 0.136. The highest BCUT2D eigenvalue weighted by atomic mass is 19.4. The Labute approximate surface area is 125 Å². The highest BCUT2D eigenvalue weighted by Crippen LogP contribution is 2.30. The van der Waals surface area contributed by atoms with Crippen LogP contribution < -0.4 is 10.1 Å². The van der Waals surface area contributed by atoms with Crippen LogP contribution in [0.5, 0.6) is 5.75 Å². The van der Waals surface area contributed by atoms with Crippen molar-refractivity contribution in [3.8, 4) is 5.75 Å². The predicted molar refractivity (Wildman–Crippen MR) is 74.0 cm³/mol. The van der Waals surface area contributed by atoms with E-state index in [0.717, 1.165) is 12.5 Å². The number of nitrogens with one attached hydrogen (secondary N) is 1. The Kier molecular flexibility index (Phi) is 4.75. The lowest BCUT2D eigenvalue weighted by molar-refractivity contribution is -0.274. The predicted octanol–water partition coefficient (Wildman–Crippen LogP) is 2.63. The first kappa shape index (κ1) is 16.4. The fourth-order valence-electron chi connectivity index (χ4n) is 2.07. The SMILES string of the molecule is O=C(C=Cc1ccccc1OC(F)(F)F)NCC1(O)CCC1. The smallest absolute Gasteiger partial charge is 0.405 e. The van der Waals surface area contributed by atoms with Crippen LogP contribution in [0.3, 0.4) is 0 Å². The molecule has 0 aliphatic heterocycles. The van der Waals surface area contributed by atoms with Crippen molar-refractivity contribution in [3.05, 3.63) is 35.9 Å². The molecule has 0 saturated heterocycles. The Balaban J connectivity index is 1.95. The van der Waals surface area contributed by atoms with Crippen molar-refractivity contribution in [2.75, 3.05) is 6.54 Å². The molecule has 0 aromatic heterocycles. The fraction of sp³-hybridized carbons (Fsp3) is 0.400. The summed E-state index contributed by atoms with van der Waals surface area (Å²) in [5, 5.41) is 12.4. The number of hydrogen-bond acceptors (Lipinski definition) is 3. The zero-order valence-electron chi connectivity index (χ0n) is 11.7. The number of amides is 1. The van der Waals surface area contributed by atoms with E-state index in [9.17, 15) is 23.1 Å². The van der Waals surface area contributed by atoms with Crippen LogP contribution >= 0.6 is 0 Å². The first-order valence-corrected chi connectivity index (χ1v) is 6.81. The Morgan fingerprint density at radius 3 is 2.64 bits per heavy atom. The molecule has 0 radical (unpaired) electrons. The molecule has 2 rings (SSSR count). The Hall–Kier alpha value is -2.02. The van der Waals surface area contributed by atoms with E-state index in [1.54, 1.807) is 0 Å². The van der Waals surface area contributed by atoms with E-state index in [1.807, 2.05) is 0 Å². The van der Waals surface area contributed by atoms with Crippen molar-refractivity contribution in [2.45, 2.75) is 31.2 Å². The lowest BCUT2D eigenvalue weighted by Gasteiger charge is -2.36. The maximum Gasteiger partial charge on any atom is 0.573 e. The van der Waals surface area contributed by atoms with E-state index in [1.165, 1.54) is 30.3 Å². The van der Waals surface area contributed by atoms with Gasteiger partial charge in [0.1, 0.15) is 5.75 Å². The molecule has 1 aromatic rings. The largest absolute Gasteiger partial charge is 0.573 e. The highest BCUT2D eigenvalue weighted by Gasteiger charge is 2.34. The molecule has 1 aliphatic carbocycles. The first-order chi connectivity index (χ1) is 10.3. The number of hydrogen-bond donors (Lipinski definition) is 2. The third-order valence-electron chi connectivity index (χ3n) is 3.43. The maximum absolute atomic E-state index is 12.3. The Bertz CT molecular complexity index is 565. The van der Waals surface area contributed by atoms with Gasteiger partial charge in [0.05, 0.1) is 5.60 Å². The molecule has 4 nitrogen and oxygen atoms in total. The summed E-state index contributed by atoms with van der Waals surface area (Å²) in [7, 11) is 0. The number of aliphatic hydroxyl groups is 1. The van der Waals surface area contributed by atoms with Crippen molar-refractivity contribution in [1.82, 2.24) is 5.32 Å². The molecule has 2 N–H and O–H groups in total. The molecule has 1 saturated carbocycles. The number of halogens is 3. The van der Waals surface area contributed by atoms with Crippen LogP contribution in [0.2, 0.25) is 0 Å². The summed E-state index contributed by atoms with van der Waals surface area (Å²) in [6.45, 7) is 0.136. The first-order valence-electron chi connectivity index (χ1n) is 6.81. The van der Waals surface area contributed by atoms with E-state index >= 15 is 0 Å². The minimum atomic E-state index is -4.79. The van der Waals surface area contributed by atoms with Gasteiger partial charge in [-0.25, -0.2) is 0 Å². The zero-order chi connectivity index (χ0) is 16.2. The standard InChI is InChI=1S/C15H16F3NO3/c16-15(17,18)22-12-5-2-1-4-11(12)6-7-13(20)19-10-14(21)8-3-9-14/h1-2,4-7,21H,3,8-10H2,(H,19,20). The highest BCUT2D eigenvalue weighted by molar-refractivity contribution is 5.92. The summed E-state index contributed by atoms with van der Waals surface area (Å²) in [5.41, 5.74) is -0.710. The average Bonchev–Trinajstić information content (AvgIpc) is 2.40. The fourth-order valence-corrected chi connectivity index (χ4v) is 2.07. The van der Waals surface area contributed by atoms with Gasteiger partial charge in [0.2, 0.25) is 5.91 Å². The van der Waals surface area contributed by atoms with Gasteiger partial charge in [-0.3, -0.25) is 4.79 Å². The molecule has 22 heavy (non-hydrogen) atoms. The summed E-state index contributed by atoms with van der Waals surface area (Å²) in [4.78, 5) is 11.6. The third kappa shape index (κ3) is 4.77. The molecule has 7 heteroatoms. The molecule has 0 heterocycles. The van der Waals surface area contributed by atoms with Gasteiger partial charge in [-0.05, 0) is 31.4 Å². The number of ether oxygens (including phenoxy) is 1.